The lowest BCUT2D eigenvalue weighted by Crippen LogP contribution is -2.18. The molecule has 1 heterocycles. The second-order valence-electron chi connectivity index (χ2n) is 5.35. The van der Waals surface area contributed by atoms with Gasteiger partial charge in [0.25, 0.3) is 0 Å². The van der Waals surface area contributed by atoms with Gasteiger partial charge >= 0.3 is 0 Å². The Bertz CT molecular complexity index is 546. The lowest BCUT2D eigenvalue weighted by molar-refractivity contribution is 0.199. The summed E-state index contributed by atoms with van der Waals surface area (Å²) in [4.78, 5) is 8.90. The molecule has 0 saturated heterocycles. The highest BCUT2D eigenvalue weighted by molar-refractivity contribution is 5.30. The summed E-state index contributed by atoms with van der Waals surface area (Å²) in [5.41, 5.74) is 4.92. The molecule has 1 N–H and O–H groups in total. The zero-order chi connectivity index (χ0) is 15.1. The van der Waals surface area contributed by atoms with Crippen LogP contribution in [0.4, 0.5) is 0 Å². The van der Waals surface area contributed by atoms with Gasteiger partial charge in [-0.05, 0) is 19.4 Å². The lowest BCUT2D eigenvalue weighted by atomic mass is 10.0. The third-order valence-corrected chi connectivity index (χ3v) is 3.21. The fraction of sp³-hybridized carbons (Fsp3) is 0.412. The van der Waals surface area contributed by atoms with E-state index in [1.807, 2.05) is 12.4 Å². The number of nitrogens with one attached hydrogen (secondary N) is 1. The van der Waals surface area contributed by atoms with E-state index in [-0.39, 0.29) is 0 Å². The molecule has 0 atom stereocenters. The Labute approximate surface area is 126 Å². The van der Waals surface area contributed by atoms with Gasteiger partial charge in [-0.2, -0.15) is 0 Å². The van der Waals surface area contributed by atoms with E-state index in [2.05, 4.69) is 47.3 Å². The fourth-order valence-corrected chi connectivity index (χ4v) is 2.32. The zero-order valence-electron chi connectivity index (χ0n) is 13.0. The number of aromatic nitrogens is 2. The third kappa shape index (κ3) is 5.25. The van der Waals surface area contributed by atoms with Crippen molar-refractivity contribution in [3.05, 3.63) is 58.7 Å². The first-order valence-electron chi connectivity index (χ1n) is 7.24. The van der Waals surface area contributed by atoms with Gasteiger partial charge in [0, 0.05) is 44.6 Å². The molecule has 112 valence electrons. The van der Waals surface area contributed by atoms with Crippen LogP contribution in [0.3, 0.4) is 0 Å². The highest BCUT2D eigenvalue weighted by Gasteiger charge is 2.02. The Kier molecular flexibility index (Phi) is 5.84. The average Bonchev–Trinajstić information content (AvgIpc) is 2.44. The van der Waals surface area contributed by atoms with Crippen LogP contribution in [-0.2, 0) is 17.7 Å². The molecule has 0 aliphatic rings. The van der Waals surface area contributed by atoms with E-state index in [9.17, 15) is 0 Å². The normalized spacial score (nSPS) is 10.8. The van der Waals surface area contributed by atoms with Crippen molar-refractivity contribution in [1.82, 2.24) is 15.3 Å². The van der Waals surface area contributed by atoms with E-state index < -0.39 is 0 Å². The molecule has 21 heavy (non-hydrogen) atoms. The smallest absolute Gasteiger partial charge is 0.132 e. The number of ether oxygens (including phenoxy) is 1. The number of aryl methyl sites for hydroxylation is 2. The largest absolute Gasteiger partial charge is 0.383 e. The number of hydrogen-bond donors (Lipinski definition) is 1. The number of nitrogens with zero attached hydrogens (tertiary/aromatic N) is 2. The Balaban J connectivity index is 1.92. The quantitative estimate of drug-likeness (QED) is 0.794. The predicted octanol–water partition coefficient (Wildman–Crippen LogP) is 2.42. The molecule has 0 amide bonds. The van der Waals surface area contributed by atoms with Crippen molar-refractivity contribution < 1.29 is 4.74 Å². The Morgan fingerprint density at radius 2 is 1.67 bits per heavy atom. The summed E-state index contributed by atoms with van der Waals surface area (Å²) >= 11 is 0. The summed E-state index contributed by atoms with van der Waals surface area (Å²) < 4.78 is 4.99. The second kappa shape index (κ2) is 7.86. The first kappa shape index (κ1) is 15.6. The summed E-state index contributed by atoms with van der Waals surface area (Å²) in [5.74, 6) is 0.862. The number of benzene rings is 1. The molecule has 0 aliphatic heterocycles. The summed E-state index contributed by atoms with van der Waals surface area (Å²) in [6.45, 7) is 6.55. The Morgan fingerprint density at radius 1 is 1.00 bits per heavy atom. The van der Waals surface area contributed by atoms with Crippen LogP contribution in [0.2, 0.25) is 0 Å². The van der Waals surface area contributed by atoms with Crippen molar-refractivity contribution in [1.29, 1.82) is 0 Å². The lowest BCUT2D eigenvalue weighted by Gasteiger charge is -2.06. The van der Waals surface area contributed by atoms with Crippen LogP contribution in [0.15, 0.2) is 30.6 Å². The van der Waals surface area contributed by atoms with Crippen LogP contribution in [0.25, 0.3) is 0 Å². The molecule has 4 nitrogen and oxygen atoms in total. The van der Waals surface area contributed by atoms with Gasteiger partial charge < -0.3 is 10.1 Å². The minimum Gasteiger partial charge on any atom is -0.383 e. The maximum Gasteiger partial charge on any atom is 0.132 e. The second-order valence-corrected chi connectivity index (χ2v) is 5.35. The van der Waals surface area contributed by atoms with Crippen molar-refractivity contribution in [2.75, 3.05) is 20.3 Å². The van der Waals surface area contributed by atoms with Gasteiger partial charge in [-0.25, -0.2) is 9.97 Å². The molecule has 0 spiro atoms. The first-order chi connectivity index (χ1) is 10.2. The number of methoxy groups -OCH3 is 1. The SMILES string of the molecule is COCCNCc1cnc(Cc2cc(C)cc(C)c2)nc1. The molecule has 0 aliphatic carbocycles. The van der Waals surface area contributed by atoms with E-state index in [4.69, 9.17) is 4.74 Å². The van der Waals surface area contributed by atoms with E-state index in [1.165, 1.54) is 16.7 Å². The predicted molar refractivity (Wildman–Crippen MR) is 84.3 cm³/mol. The van der Waals surface area contributed by atoms with Crippen molar-refractivity contribution in [3.63, 3.8) is 0 Å². The maximum atomic E-state index is 4.99. The van der Waals surface area contributed by atoms with Gasteiger partial charge in [-0.3, -0.25) is 0 Å². The highest BCUT2D eigenvalue weighted by atomic mass is 16.5. The third-order valence-electron chi connectivity index (χ3n) is 3.21. The highest BCUT2D eigenvalue weighted by Crippen LogP contribution is 2.11. The van der Waals surface area contributed by atoms with Crippen LogP contribution >= 0.6 is 0 Å². The monoisotopic (exact) mass is 285 g/mol. The molecule has 2 aromatic rings. The summed E-state index contributed by atoms with van der Waals surface area (Å²) in [5, 5.41) is 3.28. The minimum absolute atomic E-state index is 0.714. The minimum atomic E-state index is 0.714. The van der Waals surface area contributed by atoms with Gasteiger partial charge in [0.2, 0.25) is 0 Å². The van der Waals surface area contributed by atoms with E-state index in [1.54, 1.807) is 7.11 Å². The molecule has 2 rings (SSSR count). The molecule has 0 fully saturated rings. The molecule has 0 unspecified atom stereocenters. The van der Waals surface area contributed by atoms with Gasteiger partial charge in [-0.15, -0.1) is 0 Å². The van der Waals surface area contributed by atoms with Gasteiger partial charge in [-0.1, -0.05) is 29.3 Å². The van der Waals surface area contributed by atoms with E-state index in [0.717, 1.165) is 30.9 Å². The van der Waals surface area contributed by atoms with Crippen LogP contribution in [0.1, 0.15) is 28.1 Å². The van der Waals surface area contributed by atoms with Crippen LogP contribution in [0, 0.1) is 13.8 Å². The standard InChI is InChI=1S/C17H23N3O/c1-13-6-14(2)8-15(7-13)9-17-19-11-16(12-20-17)10-18-4-5-21-3/h6-8,11-12,18H,4-5,9-10H2,1-3H3. The van der Waals surface area contributed by atoms with Crippen molar-refractivity contribution >= 4 is 0 Å². The van der Waals surface area contributed by atoms with E-state index >= 15 is 0 Å². The molecular formula is C17H23N3O. The van der Waals surface area contributed by atoms with Crippen LogP contribution < -0.4 is 5.32 Å². The van der Waals surface area contributed by atoms with Gasteiger partial charge in [0.15, 0.2) is 0 Å². The molecule has 0 radical (unpaired) electrons. The molecule has 1 aromatic heterocycles. The van der Waals surface area contributed by atoms with Gasteiger partial charge in [0.1, 0.15) is 5.82 Å². The fourth-order valence-electron chi connectivity index (χ4n) is 2.32. The molecule has 0 bridgehead atoms. The summed E-state index contributed by atoms with van der Waals surface area (Å²) in [7, 11) is 1.70. The zero-order valence-corrected chi connectivity index (χ0v) is 13.0. The Hall–Kier alpha value is -1.78. The summed E-state index contributed by atoms with van der Waals surface area (Å²) in [6, 6.07) is 6.56. The average molecular weight is 285 g/mol. The molecule has 4 heteroatoms. The van der Waals surface area contributed by atoms with Crippen molar-refractivity contribution in [2.24, 2.45) is 0 Å². The van der Waals surface area contributed by atoms with Crippen LogP contribution in [0.5, 0.6) is 0 Å². The topological polar surface area (TPSA) is 47.0 Å². The number of hydrogen-bond acceptors (Lipinski definition) is 4. The molecule has 0 saturated carbocycles. The summed E-state index contributed by atoms with van der Waals surface area (Å²) in [6.07, 6.45) is 4.56. The van der Waals surface area contributed by atoms with Crippen molar-refractivity contribution in [2.45, 2.75) is 26.8 Å². The molecule has 1 aromatic carbocycles. The van der Waals surface area contributed by atoms with E-state index in [0.29, 0.717) is 6.61 Å². The number of rotatable bonds is 7. The van der Waals surface area contributed by atoms with Crippen molar-refractivity contribution in [3.8, 4) is 0 Å². The maximum absolute atomic E-state index is 4.99. The van der Waals surface area contributed by atoms with Crippen LogP contribution in [-0.4, -0.2) is 30.2 Å². The van der Waals surface area contributed by atoms with Gasteiger partial charge in [0.05, 0.1) is 6.61 Å². The first-order valence-corrected chi connectivity index (χ1v) is 7.24. The Morgan fingerprint density at radius 3 is 2.29 bits per heavy atom. The molecular weight excluding hydrogens is 262 g/mol.